The molecule has 0 amide bonds. The van der Waals surface area contributed by atoms with Crippen LogP contribution in [-0.4, -0.2) is 15.0 Å². The molecule has 2 aromatic heterocycles. The summed E-state index contributed by atoms with van der Waals surface area (Å²) in [5.41, 5.74) is 5.70. The molecule has 1 aliphatic rings. The zero-order valence-corrected chi connectivity index (χ0v) is 10.8. The average molecular weight is 297 g/mol. The fourth-order valence-corrected chi connectivity index (χ4v) is 2.83. The van der Waals surface area contributed by atoms with Crippen LogP contribution in [0.2, 0.25) is 0 Å². The van der Waals surface area contributed by atoms with Crippen LogP contribution in [0.15, 0.2) is 15.9 Å². The van der Waals surface area contributed by atoms with Crippen LogP contribution in [0, 0.1) is 0 Å². The highest BCUT2D eigenvalue weighted by Crippen LogP contribution is 2.39. The van der Waals surface area contributed by atoms with Gasteiger partial charge in [0.25, 0.3) is 0 Å². The molecule has 3 rings (SSSR count). The summed E-state index contributed by atoms with van der Waals surface area (Å²) in [4.78, 5) is 13.8. The zero-order valence-electron chi connectivity index (χ0n) is 8.35. The largest absolute Gasteiger partial charge is 0.368 e. The maximum atomic E-state index is 5.70. The Morgan fingerprint density at radius 3 is 2.75 bits per heavy atom. The van der Waals surface area contributed by atoms with Crippen molar-refractivity contribution < 1.29 is 0 Å². The Kier molecular flexibility index (Phi) is 2.40. The van der Waals surface area contributed by atoms with Crippen LogP contribution in [0.3, 0.4) is 0 Å². The van der Waals surface area contributed by atoms with Crippen LogP contribution in [0.1, 0.15) is 24.6 Å². The van der Waals surface area contributed by atoms with E-state index in [-0.39, 0.29) is 0 Å². The van der Waals surface area contributed by atoms with Crippen molar-refractivity contribution in [1.29, 1.82) is 0 Å². The lowest BCUT2D eigenvalue weighted by atomic mass is 10.4. The van der Waals surface area contributed by atoms with Crippen molar-refractivity contribution in [1.82, 2.24) is 15.0 Å². The lowest BCUT2D eigenvalue weighted by molar-refractivity contribution is 0.904. The predicted octanol–water partition coefficient (Wildman–Crippen LogP) is 2.82. The van der Waals surface area contributed by atoms with Gasteiger partial charge < -0.3 is 5.73 Å². The molecule has 1 fully saturated rings. The molecule has 0 radical (unpaired) electrons. The van der Waals surface area contributed by atoms with Gasteiger partial charge in [-0.1, -0.05) is 0 Å². The van der Waals surface area contributed by atoms with Crippen LogP contribution in [-0.2, 0) is 0 Å². The van der Waals surface area contributed by atoms with Gasteiger partial charge in [0.05, 0.1) is 4.88 Å². The second-order valence-corrected chi connectivity index (χ2v) is 5.61. The first-order valence-electron chi connectivity index (χ1n) is 4.98. The molecule has 0 bridgehead atoms. The molecule has 2 heterocycles. The van der Waals surface area contributed by atoms with Crippen molar-refractivity contribution in [3.05, 3.63) is 21.7 Å². The summed E-state index contributed by atoms with van der Waals surface area (Å²) in [6.07, 6.45) is 2.33. The molecule has 2 N–H and O–H groups in total. The minimum Gasteiger partial charge on any atom is -0.368 e. The van der Waals surface area contributed by atoms with Gasteiger partial charge in [0.15, 0.2) is 5.82 Å². The number of rotatable bonds is 2. The van der Waals surface area contributed by atoms with E-state index in [0.29, 0.717) is 17.7 Å². The molecule has 4 nitrogen and oxygen atoms in total. The Bertz CT molecular complexity index is 535. The van der Waals surface area contributed by atoms with Crippen molar-refractivity contribution in [2.75, 3.05) is 5.73 Å². The van der Waals surface area contributed by atoms with Gasteiger partial charge in [-0.15, -0.1) is 11.3 Å². The Balaban J connectivity index is 2.06. The normalized spacial score (nSPS) is 15.3. The molecule has 0 atom stereocenters. The fourth-order valence-electron chi connectivity index (χ4n) is 1.47. The van der Waals surface area contributed by atoms with Crippen molar-refractivity contribution in [2.24, 2.45) is 0 Å². The third kappa shape index (κ3) is 1.94. The van der Waals surface area contributed by atoms with E-state index in [1.165, 1.54) is 0 Å². The first-order valence-corrected chi connectivity index (χ1v) is 6.65. The summed E-state index contributed by atoms with van der Waals surface area (Å²) in [6.45, 7) is 0. The smallest absolute Gasteiger partial charge is 0.223 e. The van der Waals surface area contributed by atoms with E-state index in [1.54, 1.807) is 11.3 Å². The number of nitrogens with two attached hydrogens (primary N) is 1. The second-order valence-electron chi connectivity index (χ2n) is 3.78. The van der Waals surface area contributed by atoms with E-state index in [0.717, 1.165) is 28.0 Å². The summed E-state index contributed by atoms with van der Waals surface area (Å²) in [5.74, 6) is 2.33. The number of nitrogen functional groups attached to an aromatic ring is 1. The Labute approximate surface area is 105 Å². The topological polar surface area (TPSA) is 64.7 Å². The van der Waals surface area contributed by atoms with Gasteiger partial charge >= 0.3 is 0 Å². The predicted molar refractivity (Wildman–Crippen MR) is 67.2 cm³/mol. The minimum absolute atomic E-state index is 0.316. The highest BCUT2D eigenvalue weighted by Gasteiger charge is 2.27. The van der Waals surface area contributed by atoms with Crippen molar-refractivity contribution >= 4 is 33.2 Å². The molecule has 0 unspecified atom stereocenters. The summed E-state index contributed by atoms with van der Waals surface area (Å²) in [7, 11) is 0. The molecule has 2 aromatic rings. The van der Waals surface area contributed by atoms with E-state index in [2.05, 4.69) is 30.9 Å². The Hall–Kier alpha value is -1.01. The summed E-state index contributed by atoms with van der Waals surface area (Å²) in [5, 5.41) is 2.01. The molecule has 6 heteroatoms. The van der Waals surface area contributed by atoms with E-state index in [4.69, 9.17) is 5.73 Å². The number of anilines is 1. The van der Waals surface area contributed by atoms with E-state index >= 15 is 0 Å². The third-order valence-electron chi connectivity index (χ3n) is 2.40. The SMILES string of the molecule is Nc1nc(-c2cc(Br)cs2)nc(C2CC2)n1. The molecule has 1 saturated carbocycles. The molecule has 0 spiro atoms. The molecule has 1 aliphatic carbocycles. The molecule has 0 aromatic carbocycles. The molecule has 0 aliphatic heterocycles. The zero-order chi connectivity index (χ0) is 11.1. The lowest BCUT2D eigenvalue weighted by Gasteiger charge is -2.01. The fraction of sp³-hybridized carbons (Fsp3) is 0.300. The quantitative estimate of drug-likeness (QED) is 0.925. The summed E-state index contributed by atoms with van der Waals surface area (Å²) < 4.78 is 1.04. The van der Waals surface area contributed by atoms with Crippen LogP contribution in [0.5, 0.6) is 0 Å². The van der Waals surface area contributed by atoms with E-state index in [1.807, 2.05) is 11.4 Å². The molecule has 82 valence electrons. The number of nitrogens with zero attached hydrogens (tertiary/aromatic N) is 3. The number of aromatic nitrogens is 3. The maximum Gasteiger partial charge on any atom is 0.223 e. The Morgan fingerprint density at radius 1 is 1.31 bits per heavy atom. The van der Waals surface area contributed by atoms with Gasteiger partial charge in [0.1, 0.15) is 5.82 Å². The number of thiophene rings is 1. The van der Waals surface area contributed by atoms with Crippen LogP contribution >= 0.6 is 27.3 Å². The second kappa shape index (κ2) is 3.78. The van der Waals surface area contributed by atoms with Crippen LogP contribution < -0.4 is 5.73 Å². The van der Waals surface area contributed by atoms with Gasteiger partial charge in [0.2, 0.25) is 5.95 Å². The first-order chi connectivity index (χ1) is 7.72. The van der Waals surface area contributed by atoms with Crippen molar-refractivity contribution in [2.45, 2.75) is 18.8 Å². The van der Waals surface area contributed by atoms with E-state index < -0.39 is 0 Å². The molecular formula is C10H9BrN4S. The molecule has 16 heavy (non-hydrogen) atoms. The monoisotopic (exact) mass is 296 g/mol. The number of hydrogen-bond donors (Lipinski definition) is 1. The molecule has 0 saturated heterocycles. The van der Waals surface area contributed by atoms with Crippen LogP contribution in [0.4, 0.5) is 5.95 Å². The van der Waals surface area contributed by atoms with Crippen molar-refractivity contribution in [3.8, 4) is 10.7 Å². The van der Waals surface area contributed by atoms with Gasteiger partial charge in [-0.05, 0) is 34.8 Å². The highest BCUT2D eigenvalue weighted by atomic mass is 79.9. The van der Waals surface area contributed by atoms with Gasteiger partial charge in [-0.3, -0.25) is 0 Å². The van der Waals surface area contributed by atoms with Gasteiger partial charge in [-0.25, -0.2) is 4.98 Å². The lowest BCUT2D eigenvalue weighted by Crippen LogP contribution is -2.03. The standard InChI is InChI=1S/C10H9BrN4S/c11-6-3-7(16-4-6)9-13-8(5-1-2-5)14-10(12)15-9/h3-5H,1-2H2,(H2,12,13,14,15). The third-order valence-corrected chi connectivity index (χ3v) is 4.09. The van der Waals surface area contributed by atoms with Gasteiger partial charge in [0, 0.05) is 15.8 Å². The van der Waals surface area contributed by atoms with Crippen molar-refractivity contribution in [3.63, 3.8) is 0 Å². The van der Waals surface area contributed by atoms with Crippen LogP contribution in [0.25, 0.3) is 10.7 Å². The number of hydrogen-bond acceptors (Lipinski definition) is 5. The maximum absolute atomic E-state index is 5.70. The minimum atomic E-state index is 0.316. The van der Waals surface area contributed by atoms with Gasteiger partial charge in [-0.2, -0.15) is 9.97 Å². The summed E-state index contributed by atoms with van der Waals surface area (Å²) in [6, 6.07) is 2.00. The molecular weight excluding hydrogens is 288 g/mol. The number of halogens is 1. The highest BCUT2D eigenvalue weighted by molar-refractivity contribution is 9.10. The van der Waals surface area contributed by atoms with E-state index in [9.17, 15) is 0 Å². The summed E-state index contributed by atoms with van der Waals surface area (Å²) >= 11 is 5.01. The Morgan fingerprint density at radius 2 is 2.12 bits per heavy atom. The first kappa shape index (κ1) is 10.2. The average Bonchev–Trinajstić information content (AvgIpc) is 3.01.